The number of nitrogens with zero attached hydrogens (tertiary/aromatic N) is 2. The number of hydrogen-bond donors (Lipinski definition) is 0. The van der Waals surface area contributed by atoms with Crippen molar-refractivity contribution in [2.45, 2.75) is 13.0 Å². The van der Waals surface area contributed by atoms with E-state index in [2.05, 4.69) is 34.5 Å². The van der Waals surface area contributed by atoms with Gasteiger partial charge in [-0.1, -0.05) is 24.3 Å². The molecule has 2 nitrogen and oxygen atoms in total. The minimum Gasteiger partial charge on any atom is -0.366 e. The lowest BCUT2D eigenvalue weighted by atomic mass is 10.0. The Hall–Kier alpha value is -2.31. The Bertz CT molecular complexity index is 857. The van der Waals surface area contributed by atoms with E-state index in [4.69, 9.17) is 0 Å². The average molecular weight is 290 g/mol. The molecule has 1 aliphatic rings. The largest absolute Gasteiger partial charge is 0.366 e. The predicted octanol–water partition coefficient (Wildman–Crippen LogP) is 4.34. The molecule has 3 heteroatoms. The molecule has 0 fully saturated rings. The van der Waals surface area contributed by atoms with Crippen LogP contribution in [0.2, 0.25) is 0 Å². The van der Waals surface area contributed by atoms with Gasteiger partial charge in [0.1, 0.15) is 0 Å². The lowest BCUT2D eigenvalue weighted by molar-refractivity contribution is 0.746. The summed E-state index contributed by atoms with van der Waals surface area (Å²) in [6.45, 7) is 2.01. The minimum atomic E-state index is 0.752. The van der Waals surface area contributed by atoms with Gasteiger partial charge in [-0.2, -0.15) is 5.26 Å². The molecule has 0 aliphatic carbocycles. The van der Waals surface area contributed by atoms with Crippen molar-refractivity contribution < 1.29 is 0 Å². The maximum atomic E-state index is 9.28. The van der Waals surface area contributed by atoms with Crippen LogP contribution in [0.1, 0.15) is 16.0 Å². The molecule has 0 bridgehead atoms. The molecular formula is C18H14N2S. The smallest absolute Gasteiger partial charge is 0.0998 e. The van der Waals surface area contributed by atoms with Crippen LogP contribution < -0.4 is 4.90 Å². The van der Waals surface area contributed by atoms with Crippen LogP contribution in [0.4, 0.5) is 5.69 Å². The first-order chi connectivity index (χ1) is 10.4. The van der Waals surface area contributed by atoms with Crippen molar-refractivity contribution in [3.63, 3.8) is 0 Å². The van der Waals surface area contributed by atoms with Gasteiger partial charge >= 0.3 is 0 Å². The highest BCUT2D eigenvalue weighted by atomic mass is 32.1. The normalized spacial score (nSPS) is 14.0. The van der Waals surface area contributed by atoms with Crippen molar-refractivity contribution in [1.29, 1.82) is 5.26 Å². The molecule has 102 valence electrons. The molecule has 1 aromatic heterocycles. The Morgan fingerprint density at radius 2 is 1.90 bits per heavy atom. The zero-order chi connectivity index (χ0) is 14.2. The van der Waals surface area contributed by atoms with E-state index in [9.17, 15) is 5.26 Å². The van der Waals surface area contributed by atoms with Crippen LogP contribution in [0.3, 0.4) is 0 Å². The van der Waals surface area contributed by atoms with Gasteiger partial charge in [0.2, 0.25) is 0 Å². The molecule has 3 aromatic rings. The number of anilines is 1. The first-order valence-corrected chi connectivity index (χ1v) is 7.97. The third kappa shape index (κ3) is 2.00. The van der Waals surface area contributed by atoms with E-state index < -0.39 is 0 Å². The zero-order valence-corrected chi connectivity index (χ0v) is 12.4. The molecule has 4 rings (SSSR count). The van der Waals surface area contributed by atoms with Crippen molar-refractivity contribution in [1.82, 2.24) is 0 Å². The predicted molar refractivity (Wildman–Crippen MR) is 87.7 cm³/mol. The summed E-state index contributed by atoms with van der Waals surface area (Å²) in [5, 5.41) is 13.7. The van der Waals surface area contributed by atoms with Gasteiger partial charge < -0.3 is 4.90 Å². The Morgan fingerprint density at radius 1 is 1.05 bits per heavy atom. The van der Waals surface area contributed by atoms with Gasteiger partial charge in [-0.25, -0.2) is 0 Å². The van der Waals surface area contributed by atoms with Crippen molar-refractivity contribution in [2.24, 2.45) is 0 Å². The van der Waals surface area contributed by atoms with Crippen molar-refractivity contribution in [3.05, 3.63) is 63.8 Å². The molecule has 0 saturated carbocycles. The summed E-state index contributed by atoms with van der Waals surface area (Å²) in [6.07, 6.45) is 1.11. The number of fused-ring (bicyclic) bond motifs is 2. The Morgan fingerprint density at radius 3 is 2.76 bits per heavy atom. The number of hydrogen-bond acceptors (Lipinski definition) is 3. The second-order valence-corrected chi connectivity index (χ2v) is 6.33. The summed E-state index contributed by atoms with van der Waals surface area (Å²) >= 11 is 1.86. The summed E-state index contributed by atoms with van der Waals surface area (Å²) in [6, 6.07) is 16.8. The van der Waals surface area contributed by atoms with E-state index in [0.717, 1.165) is 30.5 Å². The fourth-order valence-corrected chi connectivity index (χ4v) is 4.00. The molecule has 2 aromatic carbocycles. The average Bonchev–Trinajstić information content (AvgIpc) is 3.01. The third-order valence-corrected chi connectivity index (χ3v) is 5.19. The maximum absolute atomic E-state index is 9.28. The molecule has 0 unspecified atom stereocenters. The summed E-state index contributed by atoms with van der Waals surface area (Å²) < 4.78 is 0. The lowest BCUT2D eigenvalue weighted by Crippen LogP contribution is -2.29. The van der Waals surface area contributed by atoms with Crippen LogP contribution in [0.15, 0.2) is 47.8 Å². The first kappa shape index (κ1) is 12.4. The van der Waals surface area contributed by atoms with E-state index >= 15 is 0 Å². The molecular weight excluding hydrogens is 276 g/mol. The van der Waals surface area contributed by atoms with Crippen LogP contribution in [0.5, 0.6) is 0 Å². The molecule has 0 atom stereocenters. The number of rotatable bonds is 1. The highest BCUT2D eigenvalue weighted by molar-refractivity contribution is 7.10. The summed E-state index contributed by atoms with van der Waals surface area (Å²) in [4.78, 5) is 3.95. The van der Waals surface area contributed by atoms with Gasteiger partial charge in [-0.3, -0.25) is 0 Å². The van der Waals surface area contributed by atoms with Crippen molar-refractivity contribution in [3.8, 4) is 6.07 Å². The number of nitriles is 1. The van der Waals surface area contributed by atoms with Crippen molar-refractivity contribution in [2.75, 3.05) is 11.4 Å². The number of benzene rings is 2. The quantitative estimate of drug-likeness (QED) is 0.667. The van der Waals surface area contributed by atoms with Crippen LogP contribution >= 0.6 is 11.3 Å². The SMILES string of the molecule is N#Cc1ccc(N2CCc3sccc3C2)c2ccccc12. The highest BCUT2D eigenvalue weighted by Gasteiger charge is 2.19. The molecule has 0 amide bonds. The van der Waals surface area contributed by atoms with Gasteiger partial charge in [0.25, 0.3) is 0 Å². The highest BCUT2D eigenvalue weighted by Crippen LogP contribution is 2.33. The third-order valence-electron chi connectivity index (χ3n) is 4.17. The Kier molecular flexibility index (Phi) is 2.90. The Balaban J connectivity index is 1.84. The van der Waals surface area contributed by atoms with Gasteiger partial charge in [-0.15, -0.1) is 11.3 Å². The monoisotopic (exact) mass is 290 g/mol. The maximum Gasteiger partial charge on any atom is 0.0998 e. The number of thiophene rings is 1. The zero-order valence-electron chi connectivity index (χ0n) is 11.5. The van der Waals surface area contributed by atoms with E-state index in [1.165, 1.54) is 21.5 Å². The minimum absolute atomic E-state index is 0.752. The first-order valence-electron chi connectivity index (χ1n) is 7.09. The summed E-state index contributed by atoms with van der Waals surface area (Å²) in [5.74, 6) is 0. The van der Waals surface area contributed by atoms with Gasteiger partial charge in [0, 0.05) is 34.4 Å². The van der Waals surface area contributed by atoms with Crippen LogP contribution in [0.25, 0.3) is 10.8 Å². The topological polar surface area (TPSA) is 27.0 Å². The summed E-state index contributed by atoms with van der Waals surface area (Å²) in [7, 11) is 0. The second kappa shape index (κ2) is 4.91. The molecule has 0 N–H and O–H groups in total. The van der Waals surface area contributed by atoms with Crippen LogP contribution in [-0.4, -0.2) is 6.54 Å². The molecule has 0 saturated heterocycles. The fraction of sp³-hybridized carbons (Fsp3) is 0.167. The molecule has 21 heavy (non-hydrogen) atoms. The Labute approximate surface area is 127 Å². The van der Waals surface area contributed by atoms with Crippen LogP contribution in [-0.2, 0) is 13.0 Å². The van der Waals surface area contributed by atoms with Gasteiger partial charge in [0.05, 0.1) is 11.6 Å². The molecule has 0 radical (unpaired) electrons. The van der Waals surface area contributed by atoms with E-state index in [-0.39, 0.29) is 0 Å². The van der Waals surface area contributed by atoms with Gasteiger partial charge in [0.15, 0.2) is 0 Å². The van der Waals surface area contributed by atoms with E-state index in [1.807, 2.05) is 35.6 Å². The molecule has 2 heterocycles. The summed E-state index contributed by atoms with van der Waals surface area (Å²) in [5.41, 5.74) is 3.43. The van der Waals surface area contributed by atoms with E-state index in [0.29, 0.717) is 0 Å². The van der Waals surface area contributed by atoms with E-state index in [1.54, 1.807) is 0 Å². The standard InChI is InChI=1S/C18H14N2S/c19-11-13-5-6-17(16-4-2-1-3-15(13)16)20-9-7-18-14(12-20)8-10-21-18/h1-6,8,10H,7,9,12H2. The fourth-order valence-electron chi connectivity index (χ4n) is 3.11. The van der Waals surface area contributed by atoms with Crippen molar-refractivity contribution >= 4 is 27.8 Å². The lowest BCUT2D eigenvalue weighted by Gasteiger charge is -2.30. The van der Waals surface area contributed by atoms with Gasteiger partial charge in [-0.05, 0) is 35.6 Å². The molecule has 0 spiro atoms. The molecule has 1 aliphatic heterocycles. The second-order valence-electron chi connectivity index (χ2n) is 5.33. The van der Waals surface area contributed by atoms with Crippen LogP contribution in [0, 0.1) is 11.3 Å².